The standard InChI is InChI=1S/C21H22N6O2/c1-26-16-6-3-2-5-15(16)19(25-26)20(28)22-14-10-8-13(9-11-14)18-17-7-4-12-27(17)21(29)24-23-18/h2-7,12-14H,8-11H2,1H3,(H,22,28)(H,24,29). The van der Waals surface area contributed by atoms with Crippen molar-refractivity contribution in [2.45, 2.75) is 37.6 Å². The van der Waals surface area contributed by atoms with Crippen LogP contribution in [-0.4, -0.2) is 36.3 Å². The number of aryl methyl sites for hydroxylation is 1. The normalized spacial score (nSPS) is 19.6. The molecule has 29 heavy (non-hydrogen) atoms. The highest BCUT2D eigenvalue weighted by Gasteiger charge is 2.27. The van der Waals surface area contributed by atoms with E-state index >= 15 is 0 Å². The Morgan fingerprint density at radius 3 is 2.69 bits per heavy atom. The first kappa shape index (κ1) is 17.7. The summed E-state index contributed by atoms with van der Waals surface area (Å²) < 4.78 is 3.34. The molecule has 0 saturated heterocycles. The molecule has 8 nitrogen and oxygen atoms in total. The summed E-state index contributed by atoms with van der Waals surface area (Å²) in [6.45, 7) is 0. The van der Waals surface area contributed by atoms with Crippen molar-refractivity contribution in [2.24, 2.45) is 7.05 Å². The molecule has 1 aliphatic rings. The SMILES string of the molecule is Cn1nc(C(=O)NC2CCC(c3n[nH]c(=O)n4cccc34)CC2)c2ccccc21. The van der Waals surface area contributed by atoms with Crippen LogP contribution in [0, 0.1) is 0 Å². The first-order chi connectivity index (χ1) is 14.1. The molecular weight excluding hydrogens is 368 g/mol. The predicted molar refractivity (Wildman–Crippen MR) is 109 cm³/mol. The summed E-state index contributed by atoms with van der Waals surface area (Å²) in [6, 6.07) is 11.7. The lowest BCUT2D eigenvalue weighted by molar-refractivity contribution is 0.0921. The molecule has 0 unspecified atom stereocenters. The highest BCUT2D eigenvalue weighted by Crippen LogP contribution is 2.33. The minimum atomic E-state index is -0.225. The van der Waals surface area contributed by atoms with Gasteiger partial charge in [-0.1, -0.05) is 18.2 Å². The Labute approximate surface area is 166 Å². The number of benzene rings is 1. The van der Waals surface area contributed by atoms with E-state index in [1.54, 1.807) is 15.3 Å². The van der Waals surface area contributed by atoms with Gasteiger partial charge in [0.05, 0.1) is 16.7 Å². The van der Waals surface area contributed by atoms with Gasteiger partial charge in [-0.15, -0.1) is 0 Å². The average molecular weight is 390 g/mol. The molecule has 0 radical (unpaired) electrons. The second kappa shape index (κ2) is 6.88. The third-order valence-corrected chi connectivity index (χ3v) is 5.92. The molecule has 5 rings (SSSR count). The second-order valence-electron chi connectivity index (χ2n) is 7.69. The van der Waals surface area contributed by atoms with Gasteiger partial charge in [-0.05, 0) is 43.9 Å². The Hall–Kier alpha value is -3.42. The zero-order chi connectivity index (χ0) is 20.0. The van der Waals surface area contributed by atoms with Crippen LogP contribution in [-0.2, 0) is 7.05 Å². The summed E-state index contributed by atoms with van der Waals surface area (Å²) in [5.41, 5.74) is 2.98. The molecule has 4 aromatic rings. The minimum Gasteiger partial charge on any atom is -0.348 e. The Balaban J connectivity index is 1.29. The molecule has 8 heteroatoms. The van der Waals surface area contributed by atoms with E-state index in [2.05, 4.69) is 20.6 Å². The topological polar surface area (TPSA) is 97.1 Å². The lowest BCUT2D eigenvalue weighted by atomic mass is 9.83. The number of rotatable bonds is 3. The summed E-state index contributed by atoms with van der Waals surface area (Å²) in [5, 5.41) is 15.3. The predicted octanol–water partition coefficient (Wildman–Crippen LogP) is 2.37. The Kier molecular flexibility index (Phi) is 4.19. The lowest BCUT2D eigenvalue weighted by Crippen LogP contribution is -2.38. The molecule has 3 aromatic heterocycles. The van der Waals surface area contributed by atoms with Gasteiger partial charge in [-0.25, -0.2) is 9.89 Å². The van der Waals surface area contributed by atoms with Crippen molar-refractivity contribution in [3.63, 3.8) is 0 Å². The van der Waals surface area contributed by atoms with Crippen LogP contribution in [0.3, 0.4) is 0 Å². The molecule has 1 saturated carbocycles. The van der Waals surface area contributed by atoms with Crippen molar-refractivity contribution in [3.05, 3.63) is 64.5 Å². The van der Waals surface area contributed by atoms with Gasteiger partial charge < -0.3 is 5.32 Å². The smallest absolute Gasteiger partial charge is 0.346 e. The minimum absolute atomic E-state index is 0.116. The maximum atomic E-state index is 12.8. The quantitative estimate of drug-likeness (QED) is 0.561. The highest BCUT2D eigenvalue weighted by molar-refractivity contribution is 6.04. The van der Waals surface area contributed by atoms with Crippen LogP contribution in [0.25, 0.3) is 16.4 Å². The number of H-pyrrole nitrogens is 1. The number of carbonyl (C=O) groups excluding carboxylic acids is 1. The van der Waals surface area contributed by atoms with Crippen molar-refractivity contribution in [1.29, 1.82) is 0 Å². The fourth-order valence-corrected chi connectivity index (χ4v) is 4.43. The van der Waals surface area contributed by atoms with E-state index in [1.165, 1.54) is 0 Å². The maximum absolute atomic E-state index is 12.8. The van der Waals surface area contributed by atoms with Gasteiger partial charge in [0, 0.05) is 30.6 Å². The second-order valence-corrected chi connectivity index (χ2v) is 7.69. The molecule has 1 amide bonds. The fourth-order valence-electron chi connectivity index (χ4n) is 4.43. The van der Waals surface area contributed by atoms with E-state index in [9.17, 15) is 9.59 Å². The van der Waals surface area contributed by atoms with E-state index in [4.69, 9.17) is 0 Å². The number of hydrogen-bond acceptors (Lipinski definition) is 4. The van der Waals surface area contributed by atoms with E-state index in [1.807, 2.05) is 43.4 Å². The number of fused-ring (bicyclic) bond motifs is 2. The van der Waals surface area contributed by atoms with Gasteiger partial charge in [0.2, 0.25) is 0 Å². The number of nitrogens with one attached hydrogen (secondary N) is 2. The summed E-state index contributed by atoms with van der Waals surface area (Å²) in [7, 11) is 1.85. The summed E-state index contributed by atoms with van der Waals surface area (Å²) in [4.78, 5) is 24.7. The molecule has 0 bridgehead atoms. The van der Waals surface area contributed by atoms with Gasteiger partial charge in [-0.2, -0.15) is 10.2 Å². The number of para-hydroxylation sites is 1. The summed E-state index contributed by atoms with van der Waals surface area (Å²) in [5.74, 6) is 0.148. The first-order valence-corrected chi connectivity index (χ1v) is 9.90. The van der Waals surface area contributed by atoms with Gasteiger partial charge in [0.15, 0.2) is 5.69 Å². The summed E-state index contributed by atoms with van der Waals surface area (Å²) >= 11 is 0. The van der Waals surface area contributed by atoms with Crippen LogP contribution in [0.2, 0.25) is 0 Å². The Morgan fingerprint density at radius 1 is 1.10 bits per heavy atom. The van der Waals surface area contributed by atoms with E-state index in [-0.39, 0.29) is 23.6 Å². The molecule has 1 aliphatic carbocycles. The van der Waals surface area contributed by atoms with E-state index < -0.39 is 0 Å². The van der Waals surface area contributed by atoms with Crippen molar-refractivity contribution in [1.82, 2.24) is 29.7 Å². The zero-order valence-corrected chi connectivity index (χ0v) is 16.1. The molecule has 2 N–H and O–H groups in total. The van der Waals surface area contributed by atoms with Crippen molar-refractivity contribution >= 4 is 22.3 Å². The van der Waals surface area contributed by atoms with Gasteiger partial charge in [0.25, 0.3) is 5.91 Å². The lowest BCUT2D eigenvalue weighted by Gasteiger charge is -2.28. The number of aromatic amines is 1. The fraction of sp³-hybridized carbons (Fsp3) is 0.333. The van der Waals surface area contributed by atoms with E-state index in [0.717, 1.165) is 47.8 Å². The van der Waals surface area contributed by atoms with Crippen LogP contribution < -0.4 is 11.0 Å². The third kappa shape index (κ3) is 3.00. The largest absolute Gasteiger partial charge is 0.348 e. The van der Waals surface area contributed by atoms with Gasteiger partial charge in [-0.3, -0.25) is 13.9 Å². The monoisotopic (exact) mass is 390 g/mol. The zero-order valence-electron chi connectivity index (χ0n) is 16.1. The molecule has 1 fully saturated rings. The van der Waals surface area contributed by atoms with Crippen LogP contribution in [0.5, 0.6) is 0 Å². The van der Waals surface area contributed by atoms with Crippen LogP contribution in [0.4, 0.5) is 0 Å². The molecule has 148 valence electrons. The Bertz CT molecular complexity index is 1260. The molecule has 0 atom stereocenters. The van der Waals surface area contributed by atoms with Gasteiger partial charge in [0.1, 0.15) is 0 Å². The maximum Gasteiger partial charge on any atom is 0.346 e. The van der Waals surface area contributed by atoms with Crippen LogP contribution in [0.1, 0.15) is 47.8 Å². The van der Waals surface area contributed by atoms with Crippen molar-refractivity contribution < 1.29 is 4.79 Å². The number of nitrogens with zero attached hydrogens (tertiary/aromatic N) is 4. The number of carbonyl (C=O) groups is 1. The molecule has 1 aromatic carbocycles. The third-order valence-electron chi connectivity index (χ3n) is 5.92. The molecule has 3 heterocycles. The number of hydrogen-bond donors (Lipinski definition) is 2. The number of amides is 1. The van der Waals surface area contributed by atoms with E-state index in [0.29, 0.717) is 5.69 Å². The molecule has 0 aliphatic heterocycles. The van der Waals surface area contributed by atoms with Crippen molar-refractivity contribution in [2.75, 3.05) is 0 Å². The molecular formula is C21H22N6O2. The van der Waals surface area contributed by atoms with Gasteiger partial charge >= 0.3 is 5.69 Å². The summed E-state index contributed by atoms with van der Waals surface area (Å²) in [6.07, 6.45) is 5.31. The van der Waals surface area contributed by atoms with Crippen LogP contribution >= 0.6 is 0 Å². The van der Waals surface area contributed by atoms with Crippen molar-refractivity contribution in [3.8, 4) is 0 Å². The Morgan fingerprint density at radius 2 is 1.86 bits per heavy atom. The average Bonchev–Trinajstić information content (AvgIpc) is 3.35. The molecule has 0 spiro atoms. The first-order valence-electron chi connectivity index (χ1n) is 9.90. The van der Waals surface area contributed by atoms with Crippen LogP contribution in [0.15, 0.2) is 47.4 Å². The number of aromatic nitrogens is 5. The highest BCUT2D eigenvalue weighted by atomic mass is 16.2.